The van der Waals surface area contributed by atoms with Crippen LogP contribution in [-0.4, -0.2) is 54.4 Å². The van der Waals surface area contributed by atoms with Crippen molar-refractivity contribution in [1.29, 1.82) is 0 Å². The average molecular weight is 270 g/mol. The summed E-state index contributed by atoms with van der Waals surface area (Å²) in [4.78, 5) is 24.5. The second-order valence-electron chi connectivity index (χ2n) is 5.28. The Bertz CT molecular complexity index is 329. The summed E-state index contributed by atoms with van der Waals surface area (Å²) in [5.74, 6) is -1.23. The molecule has 0 spiro atoms. The Kier molecular flexibility index (Phi) is 5.01. The summed E-state index contributed by atoms with van der Waals surface area (Å²) in [5, 5.41) is 11.8. The average Bonchev–Trinajstić information content (AvgIpc) is 2.92. The van der Waals surface area contributed by atoms with Gasteiger partial charge in [-0.1, -0.05) is 0 Å². The highest BCUT2D eigenvalue weighted by Gasteiger charge is 2.28. The lowest BCUT2D eigenvalue weighted by Gasteiger charge is -2.30. The van der Waals surface area contributed by atoms with Crippen molar-refractivity contribution in [3.8, 4) is 0 Å². The topological polar surface area (TPSA) is 78.9 Å². The van der Waals surface area contributed by atoms with Crippen molar-refractivity contribution < 1.29 is 19.4 Å². The molecule has 0 radical (unpaired) electrons. The fourth-order valence-corrected chi connectivity index (χ4v) is 2.69. The number of carbonyl (C=O) groups is 2. The largest absolute Gasteiger partial charge is 0.481 e. The Morgan fingerprint density at radius 2 is 2.16 bits per heavy atom. The molecule has 2 N–H and O–H groups in total. The molecule has 2 saturated heterocycles. The third-order valence-corrected chi connectivity index (χ3v) is 3.82. The van der Waals surface area contributed by atoms with E-state index in [9.17, 15) is 9.59 Å². The van der Waals surface area contributed by atoms with E-state index in [1.54, 1.807) is 4.90 Å². The summed E-state index contributed by atoms with van der Waals surface area (Å²) in [6.45, 7) is 2.39. The fourth-order valence-electron chi connectivity index (χ4n) is 2.69. The lowest BCUT2D eigenvalue weighted by Crippen LogP contribution is -2.47. The van der Waals surface area contributed by atoms with Crippen molar-refractivity contribution in [3.05, 3.63) is 0 Å². The van der Waals surface area contributed by atoms with Crippen LogP contribution in [0.4, 0.5) is 4.79 Å². The first-order valence-electron chi connectivity index (χ1n) is 7.04. The molecule has 0 bridgehead atoms. The number of amides is 2. The predicted octanol–water partition coefficient (Wildman–Crippen LogP) is 1.06. The molecule has 6 nitrogen and oxygen atoms in total. The number of urea groups is 1. The number of carbonyl (C=O) groups excluding carboxylic acids is 1. The second-order valence-corrected chi connectivity index (χ2v) is 5.28. The molecule has 0 aliphatic carbocycles. The standard InChI is InChI=1S/C13H22N2O4/c16-12(17)10-3-1-7-15(9-10)13(18)14-6-5-11-4-2-8-19-11/h10-11H,1-9H2,(H,14,18)(H,16,17)/t10-,11?/m0/s1. The number of hydrogen-bond acceptors (Lipinski definition) is 3. The first-order valence-corrected chi connectivity index (χ1v) is 7.04. The molecule has 0 saturated carbocycles. The van der Waals surface area contributed by atoms with Gasteiger partial charge in [0.25, 0.3) is 0 Å². The molecule has 0 aromatic heterocycles. The van der Waals surface area contributed by atoms with Crippen LogP contribution in [-0.2, 0) is 9.53 Å². The van der Waals surface area contributed by atoms with Gasteiger partial charge in [-0.25, -0.2) is 4.79 Å². The van der Waals surface area contributed by atoms with Crippen LogP contribution in [0, 0.1) is 5.92 Å². The summed E-state index contributed by atoms with van der Waals surface area (Å²) >= 11 is 0. The first kappa shape index (κ1) is 14.1. The van der Waals surface area contributed by atoms with Crippen molar-refractivity contribution >= 4 is 12.0 Å². The van der Waals surface area contributed by atoms with E-state index in [0.29, 0.717) is 26.1 Å². The van der Waals surface area contributed by atoms with Gasteiger partial charge in [0, 0.05) is 26.2 Å². The fraction of sp³-hybridized carbons (Fsp3) is 0.846. The van der Waals surface area contributed by atoms with Crippen LogP contribution in [0.3, 0.4) is 0 Å². The van der Waals surface area contributed by atoms with Gasteiger partial charge in [0.15, 0.2) is 0 Å². The summed E-state index contributed by atoms with van der Waals surface area (Å²) in [6, 6.07) is -0.149. The van der Waals surface area contributed by atoms with E-state index in [4.69, 9.17) is 9.84 Å². The molecule has 2 rings (SSSR count). The number of carboxylic acid groups (broad SMARTS) is 1. The zero-order valence-corrected chi connectivity index (χ0v) is 11.1. The molecular formula is C13H22N2O4. The van der Waals surface area contributed by atoms with Crippen LogP contribution in [0.5, 0.6) is 0 Å². The van der Waals surface area contributed by atoms with Gasteiger partial charge in [0.1, 0.15) is 0 Å². The molecule has 19 heavy (non-hydrogen) atoms. The molecule has 2 aliphatic heterocycles. The minimum Gasteiger partial charge on any atom is -0.481 e. The van der Waals surface area contributed by atoms with Gasteiger partial charge in [-0.2, -0.15) is 0 Å². The molecule has 2 amide bonds. The minimum atomic E-state index is -0.808. The van der Waals surface area contributed by atoms with Gasteiger partial charge < -0.3 is 20.1 Å². The normalized spacial score (nSPS) is 27.3. The number of piperidine rings is 1. The van der Waals surface area contributed by atoms with E-state index in [1.165, 1.54) is 0 Å². The third-order valence-electron chi connectivity index (χ3n) is 3.82. The molecule has 2 heterocycles. The smallest absolute Gasteiger partial charge is 0.317 e. The van der Waals surface area contributed by atoms with Crippen LogP contribution >= 0.6 is 0 Å². The Balaban J connectivity index is 1.68. The molecule has 108 valence electrons. The molecule has 2 fully saturated rings. The van der Waals surface area contributed by atoms with Crippen LogP contribution in [0.25, 0.3) is 0 Å². The number of rotatable bonds is 4. The number of aliphatic carboxylic acids is 1. The number of nitrogens with zero attached hydrogens (tertiary/aromatic N) is 1. The van der Waals surface area contributed by atoms with E-state index in [0.717, 1.165) is 32.3 Å². The molecule has 0 aromatic rings. The monoisotopic (exact) mass is 270 g/mol. The summed E-state index contributed by atoms with van der Waals surface area (Å²) in [5.41, 5.74) is 0. The maximum absolute atomic E-state index is 11.9. The Hall–Kier alpha value is -1.30. The summed E-state index contributed by atoms with van der Waals surface area (Å²) in [6.07, 6.45) is 4.70. The van der Waals surface area contributed by atoms with Gasteiger partial charge in [-0.05, 0) is 32.1 Å². The Morgan fingerprint density at radius 1 is 1.32 bits per heavy atom. The number of ether oxygens (including phenoxy) is 1. The van der Waals surface area contributed by atoms with Crippen molar-refractivity contribution in [2.45, 2.75) is 38.2 Å². The van der Waals surface area contributed by atoms with Gasteiger partial charge in [-0.3, -0.25) is 4.79 Å². The second kappa shape index (κ2) is 6.75. The van der Waals surface area contributed by atoms with Crippen LogP contribution < -0.4 is 5.32 Å². The molecule has 2 atom stereocenters. The number of carboxylic acids is 1. The van der Waals surface area contributed by atoms with E-state index >= 15 is 0 Å². The lowest BCUT2D eigenvalue weighted by atomic mass is 9.99. The highest BCUT2D eigenvalue weighted by atomic mass is 16.5. The quantitative estimate of drug-likeness (QED) is 0.800. The number of nitrogens with one attached hydrogen (secondary N) is 1. The molecule has 6 heteroatoms. The first-order chi connectivity index (χ1) is 9.16. The minimum absolute atomic E-state index is 0.149. The molecule has 0 aromatic carbocycles. The van der Waals surface area contributed by atoms with Crippen LogP contribution in [0.2, 0.25) is 0 Å². The summed E-state index contributed by atoms with van der Waals surface area (Å²) in [7, 11) is 0. The lowest BCUT2D eigenvalue weighted by molar-refractivity contribution is -0.143. The van der Waals surface area contributed by atoms with Crippen molar-refractivity contribution in [2.75, 3.05) is 26.2 Å². The highest BCUT2D eigenvalue weighted by molar-refractivity contribution is 5.76. The summed E-state index contributed by atoms with van der Waals surface area (Å²) < 4.78 is 5.49. The van der Waals surface area contributed by atoms with Crippen molar-refractivity contribution in [1.82, 2.24) is 10.2 Å². The SMILES string of the molecule is O=C(O)[C@H]1CCCN(C(=O)NCCC2CCCO2)C1. The van der Waals surface area contributed by atoms with Gasteiger partial charge in [0.05, 0.1) is 12.0 Å². The molecular weight excluding hydrogens is 248 g/mol. The van der Waals surface area contributed by atoms with Gasteiger partial charge >= 0.3 is 12.0 Å². The van der Waals surface area contributed by atoms with E-state index in [2.05, 4.69) is 5.32 Å². The molecule has 1 unspecified atom stereocenters. The molecule has 2 aliphatic rings. The van der Waals surface area contributed by atoms with E-state index in [-0.39, 0.29) is 12.1 Å². The van der Waals surface area contributed by atoms with Crippen LogP contribution in [0.1, 0.15) is 32.1 Å². The van der Waals surface area contributed by atoms with Crippen molar-refractivity contribution in [2.24, 2.45) is 5.92 Å². The van der Waals surface area contributed by atoms with Gasteiger partial charge in [0.2, 0.25) is 0 Å². The zero-order valence-electron chi connectivity index (χ0n) is 11.1. The maximum Gasteiger partial charge on any atom is 0.317 e. The highest BCUT2D eigenvalue weighted by Crippen LogP contribution is 2.17. The Morgan fingerprint density at radius 3 is 2.84 bits per heavy atom. The third kappa shape index (κ3) is 4.09. The van der Waals surface area contributed by atoms with Crippen LogP contribution in [0.15, 0.2) is 0 Å². The maximum atomic E-state index is 11.9. The van der Waals surface area contributed by atoms with Crippen molar-refractivity contribution in [3.63, 3.8) is 0 Å². The number of hydrogen-bond donors (Lipinski definition) is 2. The van der Waals surface area contributed by atoms with E-state index < -0.39 is 11.9 Å². The van der Waals surface area contributed by atoms with Gasteiger partial charge in [-0.15, -0.1) is 0 Å². The predicted molar refractivity (Wildman–Crippen MR) is 68.9 cm³/mol. The van der Waals surface area contributed by atoms with E-state index in [1.807, 2.05) is 0 Å². The Labute approximate surface area is 113 Å². The zero-order chi connectivity index (χ0) is 13.7. The number of likely N-dealkylation sites (tertiary alicyclic amines) is 1.